The zero-order valence-corrected chi connectivity index (χ0v) is 11.4. The number of ether oxygens (including phenoxy) is 1. The zero-order valence-electron chi connectivity index (χ0n) is 11.4. The van der Waals surface area contributed by atoms with E-state index in [2.05, 4.69) is 10.3 Å². The monoisotopic (exact) mass is 260 g/mol. The number of hydrogen-bond acceptors (Lipinski definition) is 4. The molecule has 1 heterocycles. The van der Waals surface area contributed by atoms with Gasteiger partial charge in [-0.1, -0.05) is 6.07 Å². The van der Waals surface area contributed by atoms with E-state index >= 15 is 0 Å². The summed E-state index contributed by atoms with van der Waals surface area (Å²) in [4.78, 5) is 4.30. The lowest BCUT2D eigenvalue weighted by atomic mass is 10.0. The average Bonchev–Trinajstić information content (AvgIpc) is 2.47. The van der Waals surface area contributed by atoms with Crippen LogP contribution in [0.5, 0.6) is 5.75 Å². The topological polar surface area (TPSA) is 54.4 Å². The third-order valence-electron chi connectivity index (χ3n) is 3.47. The summed E-state index contributed by atoms with van der Waals surface area (Å²) in [6.45, 7) is 2.61. The molecule has 0 bridgehead atoms. The van der Waals surface area contributed by atoms with Gasteiger partial charge < -0.3 is 15.2 Å². The Morgan fingerprint density at radius 2 is 2.16 bits per heavy atom. The number of aliphatic hydroxyl groups is 1. The molecule has 4 heteroatoms. The van der Waals surface area contributed by atoms with Crippen molar-refractivity contribution in [1.29, 1.82) is 0 Å². The second-order valence-corrected chi connectivity index (χ2v) is 4.89. The molecule has 0 aliphatic rings. The minimum Gasteiger partial charge on any atom is -0.493 e. The van der Waals surface area contributed by atoms with Crippen molar-refractivity contribution >= 4 is 10.9 Å². The molecule has 102 valence electrons. The number of nitrogens with zero attached hydrogens (tertiary/aromatic N) is 1. The van der Waals surface area contributed by atoms with Gasteiger partial charge in [-0.2, -0.15) is 0 Å². The molecule has 2 rings (SSSR count). The first-order valence-electron chi connectivity index (χ1n) is 6.45. The fourth-order valence-electron chi connectivity index (χ4n) is 1.87. The molecule has 0 aliphatic heterocycles. The lowest BCUT2D eigenvalue weighted by Gasteiger charge is -2.26. The molecule has 0 saturated heterocycles. The summed E-state index contributed by atoms with van der Waals surface area (Å²) < 4.78 is 5.83. The average molecular weight is 260 g/mol. The predicted octanol–water partition coefficient (Wildman–Crippen LogP) is 1.97. The lowest BCUT2D eigenvalue weighted by Crippen LogP contribution is -2.44. The van der Waals surface area contributed by atoms with Crippen molar-refractivity contribution in [2.75, 3.05) is 20.3 Å². The molecule has 0 radical (unpaired) electrons. The van der Waals surface area contributed by atoms with Gasteiger partial charge in [0.05, 0.1) is 18.7 Å². The molecule has 4 nitrogen and oxygen atoms in total. The first-order chi connectivity index (χ1) is 9.18. The molecule has 1 atom stereocenters. The third-order valence-corrected chi connectivity index (χ3v) is 3.47. The number of likely N-dealkylation sites (N-methyl/N-ethyl adjacent to an activating group) is 1. The summed E-state index contributed by atoms with van der Waals surface area (Å²) in [7, 11) is 1.85. The Bertz CT molecular complexity index is 533. The van der Waals surface area contributed by atoms with Gasteiger partial charge in [-0.05, 0) is 38.2 Å². The van der Waals surface area contributed by atoms with Crippen LogP contribution in [0.3, 0.4) is 0 Å². The van der Waals surface area contributed by atoms with E-state index in [1.165, 1.54) is 0 Å². The first-order valence-corrected chi connectivity index (χ1v) is 6.45. The van der Waals surface area contributed by atoms with Crippen molar-refractivity contribution in [2.45, 2.75) is 18.9 Å². The Balaban J connectivity index is 2.06. The van der Waals surface area contributed by atoms with Crippen LogP contribution in [0.25, 0.3) is 10.9 Å². The number of aromatic nitrogens is 1. The Morgan fingerprint density at radius 1 is 1.32 bits per heavy atom. The van der Waals surface area contributed by atoms with Crippen LogP contribution >= 0.6 is 0 Å². The van der Waals surface area contributed by atoms with Crippen molar-refractivity contribution in [3.63, 3.8) is 0 Å². The van der Waals surface area contributed by atoms with Gasteiger partial charge in [0.15, 0.2) is 0 Å². The highest BCUT2D eigenvalue weighted by atomic mass is 16.5. The predicted molar refractivity (Wildman–Crippen MR) is 76.4 cm³/mol. The summed E-state index contributed by atoms with van der Waals surface area (Å²) in [5.41, 5.74) is 0.626. The summed E-state index contributed by atoms with van der Waals surface area (Å²) >= 11 is 0. The molecule has 1 aromatic heterocycles. The van der Waals surface area contributed by atoms with Gasteiger partial charge >= 0.3 is 0 Å². The quantitative estimate of drug-likeness (QED) is 0.834. The normalized spacial score (nSPS) is 14.3. The summed E-state index contributed by atoms with van der Waals surface area (Å²) in [6.07, 6.45) is 2.51. The van der Waals surface area contributed by atoms with Crippen LogP contribution in [0, 0.1) is 0 Å². The van der Waals surface area contributed by atoms with E-state index in [0.717, 1.165) is 23.1 Å². The maximum atomic E-state index is 9.33. The van der Waals surface area contributed by atoms with Gasteiger partial charge in [-0.25, -0.2) is 0 Å². The van der Waals surface area contributed by atoms with Crippen LogP contribution in [0.1, 0.15) is 13.3 Å². The Kier molecular flexibility index (Phi) is 4.35. The third kappa shape index (κ3) is 3.22. The standard InChI is InChI=1S/C15H20N2O2/c1-15(11-18,16-2)8-10-19-14-7-3-6-13-12(14)5-4-9-17-13/h3-7,9,16,18H,8,10-11H2,1-2H3. The van der Waals surface area contributed by atoms with E-state index in [-0.39, 0.29) is 12.1 Å². The Morgan fingerprint density at radius 3 is 2.89 bits per heavy atom. The Labute approximate surface area is 113 Å². The fraction of sp³-hybridized carbons (Fsp3) is 0.400. The van der Waals surface area contributed by atoms with Crippen molar-refractivity contribution < 1.29 is 9.84 Å². The second kappa shape index (κ2) is 5.99. The van der Waals surface area contributed by atoms with Gasteiger partial charge in [0, 0.05) is 23.5 Å². The van der Waals surface area contributed by atoms with Gasteiger partial charge in [0.2, 0.25) is 0 Å². The smallest absolute Gasteiger partial charge is 0.128 e. The van der Waals surface area contributed by atoms with Crippen molar-refractivity contribution in [2.24, 2.45) is 0 Å². The van der Waals surface area contributed by atoms with Crippen molar-refractivity contribution in [1.82, 2.24) is 10.3 Å². The number of aliphatic hydroxyl groups excluding tert-OH is 1. The molecule has 1 aromatic carbocycles. The van der Waals surface area contributed by atoms with Crippen LogP contribution in [0.2, 0.25) is 0 Å². The molecule has 2 N–H and O–H groups in total. The minimum absolute atomic E-state index is 0.0873. The molecule has 0 saturated carbocycles. The number of nitrogens with one attached hydrogen (secondary N) is 1. The number of fused-ring (bicyclic) bond motifs is 1. The number of hydrogen-bond donors (Lipinski definition) is 2. The fourth-order valence-corrected chi connectivity index (χ4v) is 1.87. The highest BCUT2D eigenvalue weighted by Crippen LogP contribution is 2.24. The van der Waals surface area contributed by atoms with E-state index in [9.17, 15) is 5.11 Å². The van der Waals surface area contributed by atoms with Crippen LogP contribution in [-0.4, -0.2) is 35.9 Å². The second-order valence-electron chi connectivity index (χ2n) is 4.89. The molecule has 1 unspecified atom stereocenters. The maximum Gasteiger partial charge on any atom is 0.128 e. The number of benzene rings is 1. The highest BCUT2D eigenvalue weighted by molar-refractivity contribution is 5.84. The molecule has 19 heavy (non-hydrogen) atoms. The highest BCUT2D eigenvalue weighted by Gasteiger charge is 2.20. The molecule has 0 amide bonds. The Hall–Kier alpha value is -1.65. The molecule has 2 aromatic rings. The molecule has 0 spiro atoms. The van der Waals surface area contributed by atoms with Crippen molar-refractivity contribution in [3.05, 3.63) is 36.5 Å². The van der Waals surface area contributed by atoms with E-state index in [0.29, 0.717) is 6.61 Å². The van der Waals surface area contributed by atoms with E-state index in [4.69, 9.17) is 4.74 Å². The van der Waals surface area contributed by atoms with E-state index in [1.807, 2.05) is 44.3 Å². The first kappa shape index (κ1) is 13.8. The van der Waals surface area contributed by atoms with Crippen molar-refractivity contribution in [3.8, 4) is 5.75 Å². The van der Waals surface area contributed by atoms with Crippen LogP contribution in [0.4, 0.5) is 0 Å². The SMILES string of the molecule is CNC(C)(CO)CCOc1cccc2ncccc12. The lowest BCUT2D eigenvalue weighted by molar-refractivity contribution is 0.151. The van der Waals surface area contributed by atoms with E-state index < -0.39 is 0 Å². The number of rotatable bonds is 6. The molecular formula is C15H20N2O2. The molecule has 0 fully saturated rings. The summed E-state index contributed by atoms with van der Waals surface area (Å²) in [6, 6.07) is 9.75. The van der Waals surface area contributed by atoms with Crippen LogP contribution < -0.4 is 10.1 Å². The van der Waals surface area contributed by atoms with Crippen LogP contribution in [0.15, 0.2) is 36.5 Å². The van der Waals surface area contributed by atoms with Gasteiger partial charge in [-0.3, -0.25) is 4.98 Å². The van der Waals surface area contributed by atoms with E-state index in [1.54, 1.807) is 6.20 Å². The number of pyridine rings is 1. The molecule has 0 aliphatic carbocycles. The van der Waals surface area contributed by atoms with Gasteiger partial charge in [0.1, 0.15) is 5.75 Å². The zero-order chi connectivity index (χ0) is 13.7. The molecular weight excluding hydrogens is 240 g/mol. The van der Waals surface area contributed by atoms with Gasteiger partial charge in [-0.15, -0.1) is 0 Å². The largest absolute Gasteiger partial charge is 0.493 e. The van der Waals surface area contributed by atoms with Crippen LogP contribution in [-0.2, 0) is 0 Å². The van der Waals surface area contributed by atoms with Gasteiger partial charge in [0.25, 0.3) is 0 Å². The maximum absolute atomic E-state index is 9.33. The minimum atomic E-state index is -0.303. The summed E-state index contributed by atoms with van der Waals surface area (Å²) in [5.74, 6) is 0.835. The summed E-state index contributed by atoms with van der Waals surface area (Å²) in [5, 5.41) is 13.4.